The molecule has 20 heavy (non-hydrogen) atoms. The molecular formula is C15H23ClN2O2. The van der Waals surface area contributed by atoms with Gasteiger partial charge in [-0.05, 0) is 31.5 Å². The van der Waals surface area contributed by atoms with Crippen LogP contribution in [0.5, 0.6) is 0 Å². The van der Waals surface area contributed by atoms with Gasteiger partial charge in [-0.3, -0.25) is 4.90 Å². The van der Waals surface area contributed by atoms with E-state index in [1.54, 1.807) is 6.07 Å². The van der Waals surface area contributed by atoms with Crippen molar-refractivity contribution in [1.82, 2.24) is 10.2 Å². The standard InChI is InChI=1S/C15H22N2O2.ClH/c1-11-12(2)17(8-7-16-11)10-13-5-4-6-14(9-13)15(18)19-3;/h4-6,9,11-12,16H,7-8,10H2,1-3H3;1H. The average molecular weight is 299 g/mol. The van der Waals surface area contributed by atoms with Crippen LogP contribution >= 0.6 is 12.4 Å². The van der Waals surface area contributed by atoms with Gasteiger partial charge in [0.25, 0.3) is 0 Å². The molecule has 0 bridgehead atoms. The molecule has 2 rings (SSSR count). The van der Waals surface area contributed by atoms with Crippen LogP contribution in [-0.4, -0.2) is 43.2 Å². The predicted molar refractivity (Wildman–Crippen MR) is 82.4 cm³/mol. The zero-order chi connectivity index (χ0) is 13.8. The molecule has 1 aromatic rings. The number of halogens is 1. The first kappa shape index (κ1) is 17.0. The summed E-state index contributed by atoms with van der Waals surface area (Å²) in [5, 5.41) is 3.47. The van der Waals surface area contributed by atoms with Crippen molar-refractivity contribution in [2.24, 2.45) is 0 Å². The van der Waals surface area contributed by atoms with E-state index < -0.39 is 0 Å². The molecule has 0 radical (unpaired) electrons. The molecule has 2 unspecified atom stereocenters. The second-order valence-corrected chi connectivity index (χ2v) is 5.15. The van der Waals surface area contributed by atoms with Gasteiger partial charge >= 0.3 is 5.97 Å². The summed E-state index contributed by atoms with van der Waals surface area (Å²) >= 11 is 0. The summed E-state index contributed by atoms with van der Waals surface area (Å²) in [5.41, 5.74) is 1.78. The number of hydrogen-bond acceptors (Lipinski definition) is 4. The topological polar surface area (TPSA) is 41.6 Å². The van der Waals surface area contributed by atoms with Gasteiger partial charge in [-0.1, -0.05) is 12.1 Å². The molecule has 112 valence electrons. The van der Waals surface area contributed by atoms with Gasteiger partial charge in [0.1, 0.15) is 0 Å². The summed E-state index contributed by atoms with van der Waals surface area (Å²) in [4.78, 5) is 14.0. The van der Waals surface area contributed by atoms with Crippen molar-refractivity contribution in [3.8, 4) is 0 Å². The minimum Gasteiger partial charge on any atom is -0.465 e. The number of carbonyl (C=O) groups excluding carboxylic acids is 1. The van der Waals surface area contributed by atoms with E-state index in [2.05, 4.69) is 30.1 Å². The summed E-state index contributed by atoms with van der Waals surface area (Å²) in [6.07, 6.45) is 0. The van der Waals surface area contributed by atoms with Gasteiger partial charge in [0.2, 0.25) is 0 Å². The first-order valence-corrected chi connectivity index (χ1v) is 6.76. The third kappa shape index (κ3) is 3.95. The monoisotopic (exact) mass is 298 g/mol. The van der Waals surface area contributed by atoms with Crippen LogP contribution < -0.4 is 5.32 Å². The number of methoxy groups -OCH3 is 1. The summed E-state index contributed by atoms with van der Waals surface area (Å²) in [6.45, 7) is 7.37. The van der Waals surface area contributed by atoms with E-state index in [0.717, 1.165) is 25.2 Å². The van der Waals surface area contributed by atoms with Gasteiger partial charge in [0.05, 0.1) is 12.7 Å². The minimum atomic E-state index is -0.274. The summed E-state index contributed by atoms with van der Waals surface area (Å²) < 4.78 is 4.76. The highest BCUT2D eigenvalue weighted by molar-refractivity contribution is 5.89. The van der Waals surface area contributed by atoms with Crippen LogP contribution in [0.4, 0.5) is 0 Å². The van der Waals surface area contributed by atoms with Gasteiger partial charge < -0.3 is 10.1 Å². The molecule has 1 aliphatic heterocycles. The maximum absolute atomic E-state index is 11.5. The van der Waals surface area contributed by atoms with Gasteiger partial charge in [0.15, 0.2) is 0 Å². The van der Waals surface area contributed by atoms with E-state index in [1.807, 2.05) is 12.1 Å². The molecule has 4 nitrogen and oxygen atoms in total. The fourth-order valence-corrected chi connectivity index (χ4v) is 2.50. The highest BCUT2D eigenvalue weighted by atomic mass is 35.5. The summed E-state index contributed by atoms with van der Waals surface area (Å²) in [7, 11) is 1.41. The maximum Gasteiger partial charge on any atom is 0.337 e. The molecule has 1 saturated heterocycles. The van der Waals surface area contributed by atoms with E-state index in [-0.39, 0.29) is 18.4 Å². The molecule has 1 aromatic carbocycles. The Bertz CT molecular complexity index is 453. The second-order valence-electron chi connectivity index (χ2n) is 5.15. The summed E-state index contributed by atoms with van der Waals surface area (Å²) in [6, 6.07) is 8.68. The number of piperazine rings is 1. The Morgan fingerprint density at radius 1 is 1.45 bits per heavy atom. The molecular weight excluding hydrogens is 276 g/mol. The Balaban J connectivity index is 0.00000200. The van der Waals surface area contributed by atoms with Crippen LogP contribution in [0.3, 0.4) is 0 Å². The third-order valence-electron chi connectivity index (χ3n) is 3.90. The van der Waals surface area contributed by atoms with Crippen LogP contribution in [0.1, 0.15) is 29.8 Å². The molecule has 1 N–H and O–H groups in total. The van der Waals surface area contributed by atoms with Crippen molar-refractivity contribution in [3.05, 3.63) is 35.4 Å². The Hall–Kier alpha value is -1.10. The highest BCUT2D eigenvalue weighted by Gasteiger charge is 2.24. The van der Waals surface area contributed by atoms with Crippen molar-refractivity contribution in [2.45, 2.75) is 32.5 Å². The molecule has 0 amide bonds. The van der Waals surface area contributed by atoms with Crippen molar-refractivity contribution >= 4 is 18.4 Å². The van der Waals surface area contributed by atoms with Crippen LogP contribution in [0.25, 0.3) is 0 Å². The van der Waals surface area contributed by atoms with Crippen LogP contribution in [0.2, 0.25) is 0 Å². The van der Waals surface area contributed by atoms with Crippen LogP contribution in [0.15, 0.2) is 24.3 Å². The molecule has 0 spiro atoms. The Morgan fingerprint density at radius 3 is 2.90 bits per heavy atom. The van der Waals surface area contributed by atoms with Crippen molar-refractivity contribution in [3.63, 3.8) is 0 Å². The van der Waals surface area contributed by atoms with Gasteiger partial charge in [0, 0.05) is 31.7 Å². The molecule has 1 fully saturated rings. The third-order valence-corrected chi connectivity index (χ3v) is 3.90. The fourth-order valence-electron chi connectivity index (χ4n) is 2.50. The van der Waals surface area contributed by atoms with Crippen molar-refractivity contribution in [2.75, 3.05) is 20.2 Å². The van der Waals surface area contributed by atoms with Crippen LogP contribution in [-0.2, 0) is 11.3 Å². The van der Waals surface area contributed by atoms with E-state index >= 15 is 0 Å². The maximum atomic E-state index is 11.5. The van der Waals surface area contributed by atoms with Crippen molar-refractivity contribution < 1.29 is 9.53 Å². The SMILES string of the molecule is COC(=O)c1cccc(CN2CCNC(C)C2C)c1.Cl. The number of nitrogens with zero attached hydrogens (tertiary/aromatic N) is 1. The zero-order valence-electron chi connectivity index (χ0n) is 12.3. The molecule has 0 saturated carbocycles. The molecule has 2 atom stereocenters. The first-order chi connectivity index (χ1) is 9.11. The minimum absolute atomic E-state index is 0. The largest absolute Gasteiger partial charge is 0.465 e. The molecule has 1 aliphatic rings. The number of esters is 1. The number of ether oxygens (including phenoxy) is 1. The smallest absolute Gasteiger partial charge is 0.337 e. The summed E-state index contributed by atoms with van der Waals surface area (Å²) in [5.74, 6) is -0.274. The van der Waals surface area contributed by atoms with Gasteiger partial charge in [-0.15, -0.1) is 12.4 Å². The zero-order valence-corrected chi connectivity index (χ0v) is 13.1. The van der Waals surface area contributed by atoms with Crippen molar-refractivity contribution in [1.29, 1.82) is 0 Å². The lowest BCUT2D eigenvalue weighted by molar-refractivity contribution is 0.0600. The number of carbonyl (C=O) groups is 1. The lowest BCUT2D eigenvalue weighted by Crippen LogP contribution is -2.54. The highest BCUT2D eigenvalue weighted by Crippen LogP contribution is 2.15. The van der Waals surface area contributed by atoms with Crippen LogP contribution in [0, 0.1) is 0 Å². The van der Waals surface area contributed by atoms with E-state index in [4.69, 9.17) is 4.74 Å². The number of benzene rings is 1. The van der Waals surface area contributed by atoms with Gasteiger partial charge in [-0.25, -0.2) is 4.79 Å². The lowest BCUT2D eigenvalue weighted by atomic mass is 10.0. The molecule has 0 aromatic heterocycles. The first-order valence-electron chi connectivity index (χ1n) is 6.76. The number of hydrogen-bond donors (Lipinski definition) is 1. The number of nitrogens with one attached hydrogen (secondary N) is 1. The van der Waals surface area contributed by atoms with E-state index in [0.29, 0.717) is 17.6 Å². The Morgan fingerprint density at radius 2 is 2.20 bits per heavy atom. The normalized spacial score (nSPS) is 22.9. The second kappa shape index (κ2) is 7.62. The fraction of sp³-hybridized carbons (Fsp3) is 0.533. The molecule has 0 aliphatic carbocycles. The predicted octanol–water partition coefficient (Wildman–Crippen LogP) is 2.08. The molecule has 5 heteroatoms. The Kier molecular flexibility index (Phi) is 6.46. The molecule has 1 heterocycles. The number of rotatable bonds is 3. The van der Waals surface area contributed by atoms with E-state index in [9.17, 15) is 4.79 Å². The quantitative estimate of drug-likeness (QED) is 0.868. The Labute approximate surface area is 126 Å². The van der Waals surface area contributed by atoms with E-state index in [1.165, 1.54) is 7.11 Å². The lowest BCUT2D eigenvalue weighted by Gasteiger charge is -2.38. The average Bonchev–Trinajstić information content (AvgIpc) is 2.43. The van der Waals surface area contributed by atoms with Gasteiger partial charge in [-0.2, -0.15) is 0 Å².